The number of ether oxygens (including phenoxy) is 2. The van der Waals surface area contributed by atoms with Crippen molar-refractivity contribution in [1.29, 1.82) is 0 Å². The van der Waals surface area contributed by atoms with E-state index in [1.807, 2.05) is 6.07 Å². The van der Waals surface area contributed by atoms with Gasteiger partial charge in [-0.05, 0) is 55.0 Å². The van der Waals surface area contributed by atoms with Crippen molar-refractivity contribution >= 4 is 17.5 Å². The fourth-order valence-electron chi connectivity index (χ4n) is 2.67. The zero-order valence-electron chi connectivity index (χ0n) is 16.3. The third kappa shape index (κ3) is 5.19. The average molecular weight is 396 g/mol. The molecule has 0 saturated heterocycles. The average Bonchev–Trinajstić information content (AvgIpc) is 2.73. The molecule has 150 valence electrons. The maximum Gasteiger partial charge on any atom is 0.270 e. The molecule has 8 heteroatoms. The number of benzene rings is 2. The number of halogens is 1. The number of methoxy groups -OCH3 is 2. The van der Waals surface area contributed by atoms with Crippen LogP contribution in [0.15, 0.2) is 48.5 Å². The first kappa shape index (κ1) is 20.1. The molecular formula is C21H21FN4O3. The van der Waals surface area contributed by atoms with Crippen molar-refractivity contribution < 1.29 is 18.7 Å². The van der Waals surface area contributed by atoms with Gasteiger partial charge in [-0.25, -0.2) is 14.4 Å². The lowest BCUT2D eigenvalue weighted by Gasteiger charge is -2.11. The molecule has 0 atom stereocenters. The van der Waals surface area contributed by atoms with Crippen molar-refractivity contribution in [3.63, 3.8) is 0 Å². The number of nitrogens with one attached hydrogen (secondary N) is 2. The molecule has 0 saturated carbocycles. The van der Waals surface area contributed by atoms with Gasteiger partial charge >= 0.3 is 0 Å². The predicted molar refractivity (Wildman–Crippen MR) is 107 cm³/mol. The molecule has 1 heterocycles. The lowest BCUT2D eigenvalue weighted by atomic mass is 10.2. The Balaban J connectivity index is 1.70. The standard InChI is InChI=1S/C21H21FN4O3/c1-13-10-17(26-21(24-13)25-16-7-5-15(22)6-8-16)20(27)23-12-14-4-9-18(28-2)19(11-14)29-3/h4-11H,12H2,1-3H3,(H,23,27)(H,24,25,26). The van der Waals surface area contributed by atoms with Crippen LogP contribution in [0.2, 0.25) is 0 Å². The van der Waals surface area contributed by atoms with Crippen LogP contribution in [0.4, 0.5) is 16.0 Å². The molecule has 0 aliphatic rings. The molecule has 0 unspecified atom stereocenters. The Kier molecular flexibility index (Phi) is 6.23. The monoisotopic (exact) mass is 396 g/mol. The zero-order chi connectivity index (χ0) is 20.8. The van der Waals surface area contributed by atoms with Crippen LogP contribution in [0.3, 0.4) is 0 Å². The zero-order valence-corrected chi connectivity index (χ0v) is 16.3. The molecule has 0 spiro atoms. The van der Waals surface area contributed by atoms with Gasteiger partial charge in [-0.1, -0.05) is 6.07 Å². The van der Waals surface area contributed by atoms with E-state index in [4.69, 9.17) is 9.47 Å². The first-order valence-corrected chi connectivity index (χ1v) is 8.86. The molecule has 1 amide bonds. The number of rotatable bonds is 7. The molecule has 3 aromatic rings. The van der Waals surface area contributed by atoms with Gasteiger partial charge in [-0.15, -0.1) is 0 Å². The molecule has 0 radical (unpaired) electrons. The summed E-state index contributed by atoms with van der Waals surface area (Å²) in [6.07, 6.45) is 0. The molecule has 29 heavy (non-hydrogen) atoms. The summed E-state index contributed by atoms with van der Waals surface area (Å²) < 4.78 is 23.5. The van der Waals surface area contributed by atoms with E-state index in [-0.39, 0.29) is 23.4 Å². The smallest absolute Gasteiger partial charge is 0.270 e. The lowest BCUT2D eigenvalue weighted by Crippen LogP contribution is -2.24. The number of nitrogens with zero attached hydrogens (tertiary/aromatic N) is 2. The fraction of sp³-hybridized carbons (Fsp3) is 0.190. The van der Waals surface area contributed by atoms with Crippen molar-refractivity contribution in [2.75, 3.05) is 19.5 Å². The lowest BCUT2D eigenvalue weighted by molar-refractivity contribution is 0.0945. The van der Waals surface area contributed by atoms with E-state index in [1.165, 1.54) is 12.1 Å². The van der Waals surface area contributed by atoms with Crippen LogP contribution >= 0.6 is 0 Å². The summed E-state index contributed by atoms with van der Waals surface area (Å²) in [4.78, 5) is 21.1. The molecule has 3 rings (SSSR count). The normalized spacial score (nSPS) is 10.3. The molecule has 0 aliphatic heterocycles. The van der Waals surface area contributed by atoms with Crippen molar-refractivity contribution in [2.45, 2.75) is 13.5 Å². The van der Waals surface area contributed by atoms with E-state index in [9.17, 15) is 9.18 Å². The quantitative estimate of drug-likeness (QED) is 0.635. The summed E-state index contributed by atoms with van der Waals surface area (Å²) in [6.45, 7) is 2.06. The van der Waals surface area contributed by atoms with E-state index in [2.05, 4.69) is 20.6 Å². The van der Waals surface area contributed by atoms with Gasteiger partial charge in [0.2, 0.25) is 5.95 Å². The Morgan fingerprint density at radius 3 is 2.41 bits per heavy atom. The molecule has 0 bridgehead atoms. The SMILES string of the molecule is COc1ccc(CNC(=O)c2cc(C)nc(Nc3ccc(F)cc3)n2)cc1OC. The Hall–Kier alpha value is -3.68. The number of hydrogen-bond donors (Lipinski definition) is 2. The molecular weight excluding hydrogens is 375 g/mol. The molecule has 0 fully saturated rings. The minimum Gasteiger partial charge on any atom is -0.493 e. The second-order valence-corrected chi connectivity index (χ2v) is 6.22. The third-order valence-corrected chi connectivity index (χ3v) is 4.09. The van der Waals surface area contributed by atoms with E-state index in [0.29, 0.717) is 29.4 Å². The van der Waals surface area contributed by atoms with Gasteiger partial charge in [0, 0.05) is 17.9 Å². The van der Waals surface area contributed by atoms with Crippen LogP contribution in [0.1, 0.15) is 21.7 Å². The number of carbonyl (C=O) groups excluding carboxylic acids is 1. The first-order chi connectivity index (χ1) is 14.0. The van der Waals surface area contributed by atoms with Crippen LogP contribution in [0, 0.1) is 12.7 Å². The van der Waals surface area contributed by atoms with Gasteiger partial charge in [0.05, 0.1) is 14.2 Å². The highest BCUT2D eigenvalue weighted by atomic mass is 19.1. The number of aryl methyl sites for hydroxylation is 1. The number of hydrogen-bond acceptors (Lipinski definition) is 6. The fourth-order valence-corrected chi connectivity index (χ4v) is 2.67. The number of anilines is 2. The summed E-state index contributed by atoms with van der Waals surface area (Å²) in [7, 11) is 3.12. The van der Waals surface area contributed by atoms with Crippen LogP contribution in [0.5, 0.6) is 11.5 Å². The van der Waals surface area contributed by atoms with E-state index >= 15 is 0 Å². The molecule has 7 nitrogen and oxygen atoms in total. The highest BCUT2D eigenvalue weighted by molar-refractivity contribution is 5.92. The van der Waals surface area contributed by atoms with Gasteiger partial charge in [0.1, 0.15) is 11.5 Å². The second kappa shape index (κ2) is 9.01. The van der Waals surface area contributed by atoms with E-state index in [0.717, 1.165) is 5.56 Å². The topological polar surface area (TPSA) is 85.4 Å². The largest absolute Gasteiger partial charge is 0.493 e. The molecule has 1 aromatic heterocycles. The Labute approximate surface area is 167 Å². The summed E-state index contributed by atoms with van der Waals surface area (Å²) in [5.41, 5.74) is 2.32. The van der Waals surface area contributed by atoms with Crippen LogP contribution in [0.25, 0.3) is 0 Å². The van der Waals surface area contributed by atoms with Gasteiger partial charge in [0.15, 0.2) is 11.5 Å². The van der Waals surface area contributed by atoms with E-state index in [1.54, 1.807) is 51.5 Å². The third-order valence-electron chi connectivity index (χ3n) is 4.09. The number of carbonyl (C=O) groups is 1. The van der Waals surface area contributed by atoms with Crippen LogP contribution < -0.4 is 20.1 Å². The summed E-state index contributed by atoms with van der Waals surface area (Å²) >= 11 is 0. The van der Waals surface area contributed by atoms with Crippen LogP contribution in [-0.2, 0) is 6.54 Å². The Morgan fingerprint density at radius 1 is 1.00 bits per heavy atom. The summed E-state index contributed by atoms with van der Waals surface area (Å²) in [6, 6.07) is 12.8. The van der Waals surface area contributed by atoms with Crippen molar-refractivity contribution in [3.05, 3.63) is 71.3 Å². The minimum absolute atomic E-state index is 0.225. The van der Waals surface area contributed by atoms with E-state index < -0.39 is 0 Å². The molecule has 2 aromatic carbocycles. The summed E-state index contributed by atoms with van der Waals surface area (Å²) in [5.74, 6) is 0.782. The Bertz CT molecular complexity index is 1010. The molecule has 2 N–H and O–H groups in total. The van der Waals surface area contributed by atoms with Gasteiger partial charge in [-0.3, -0.25) is 4.79 Å². The van der Waals surface area contributed by atoms with Gasteiger partial charge < -0.3 is 20.1 Å². The van der Waals surface area contributed by atoms with Crippen molar-refractivity contribution in [1.82, 2.24) is 15.3 Å². The highest BCUT2D eigenvalue weighted by Crippen LogP contribution is 2.27. The number of amides is 1. The second-order valence-electron chi connectivity index (χ2n) is 6.22. The Morgan fingerprint density at radius 2 is 1.72 bits per heavy atom. The highest BCUT2D eigenvalue weighted by Gasteiger charge is 2.12. The van der Waals surface area contributed by atoms with Crippen molar-refractivity contribution in [3.8, 4) is 11.5 Å². The van der Waals surface area contributed by atoms with Gasteiger partial charge in [0.25, 0.3) is 5.91 Å². The first-order valence-electron chi connectivity index (χ1n) is 8.86. The minimum atomic E-state index is -0.340. The number of aromatic nitrogens is 2. The molecule has 0 aliphatic carbocycles. The predicted octanol–water partition coefficient (Wildman–Crippen LogP) is 3.61. The summed E-state index contributed by atoms with van der Waals surface area (Å²) in [5, 5.41) is 5.80. The van der Waals surface area contributed by atoms with Crippen molar-refractivity contribution in [2.24, 2.45) is 0 Å². The van der Waals surface area contributed by atoms with Gasteiger partial charge in [-0.2, -0.15) is 0 Å². The maximum atomic E-state index is 13.0. The maximum absolute atomic E-state index is 13.0. The van der Waals surface area contributed by atoms with Crippen LogP contribution in [-0.4, -0.2) is 30.1 Å².